The SMILES string of the molecule is OC1=CC=CC2(O)SC12.Oc1ccc(Sc2ccc(O)cc2O)c(O)c1. The maximum atomic E-state index is 9.59. The lowest BCUT2D eigenvalue weighted by Gasteiger charge is -2.06. The topological polar surface area (TPSA) is 121 Å². The summed E-state index contributed by atoms with van der Waals surface area (Å²) in [5.41, 5.74) is 0. The van der Waals surface area contributed by atoms with Crippen LogP contribution in [-0.2, 0) is 0 Å². The molecule has 1 aliphatic heterocycles. The molecule has 1 heterocycles. The zero-order chi connectivity index (χ0) is 18.9. The van der Waals surface area contributed by atoms with Crippen LogP contribution in [0.3, 0.4) is 0 Å². The molecule has 136 valence electrons. The number of allylic oxidation sites excluding steroid dienone is 2. The summed E-state index contributed by atoms with van der Waals surface area (Å²) in [5.74, 6) is 0.0958. The highest BCUT2D eigenvalue weighted by Gasteiger charge is 2.56. The molecule has 2 atom stereocenters. The van der Waals surface area contributed by atoms with Gasteiger partial charge in [-0.3, -0.25) is 0 Å². The Kier molecular flexibility index (Phi) is 4.99. The number of fused-ring (bicyclic) bond motifs is 1. The van der Waals surface area contributed by atoms with Gasteiger partial charge in [0, 0.05) is 12.1 Å². The second-order valence-electron chi connectivity index (χ2n) is 5.61. The molecule has 6 nitrogen and oxygen atoms in total. The van der Waals surface area contributed by atoms with E-state index in [9.17, 15) is 15.3 Å². The van der Waals surface area contributed by atoms with Gasteiger partial charge in [-0.2, -0.15) is 0 Å². The van der Waals surface area contributed by atoms with Crippen LogP contribution in [0, 0.1) is 0 Å². The average molecular weight is 392 g/mol. The minimum Gasteiger partial charge on any atom is -0.511 e. The van der Waals surface area contributed by atoms with Crippen LogP contribution in [0.4, 0.5) is 0 Å². The maximum Gasteiger partial charge on any atom is 0.149 e. The van der Waals surface area contributed by atoms with Gasteiger partial charge in [0.25, 0.3) is 0 Å². The minimum atomic E-state index is -0.765. The molecule has 0 amide bonds. The van der Waals surface area contributed by atoms with E-state index >= 15 is 0 Å². The van der Waals surface area contributed by atoms with Crippen LogP contribution in [0.2, 0.25) is 0 Å². The Bertz CT molecular complexity index is 846. The van der Waals surface area contributed by atoms with Crippen molar-refractivity contribution in [1.82, 2.24) is 0 Å². The highest BCUT2D eigenvalue weighted by atomic mass is 32.2. The number of benzene rings is 2. The molecular weight excluding hydrogens is 376 g/mol. The fourth-order valence-corrected chi connectivity index (χ4v) is 3.93. The molecule has 0 spiro atoms. The van der Waals surface area contributed by atoms with E-state index in [1.807, 2.05) is 0 Å². The number of phenolic OH excluding ortho intramolecular Hbond substituents is 4. The Labute approximate surface area is 157 Å². The first kappa shape index (κ1) is 18.4. The van der Waals surface area contributed by atoms with E-state index in [1.165, 1.54) is 36.0 Å². The summed E-state index contributed by atoms with van der Waals surface area (Å²) < 4.78 is 0. The molecule has 1 fully saturated rings. The maximum absolute atomic E-state index is 9.59. The standard InChI is InChI=1S/C12H10O4S.C6H6O2S/c13-7-1-3-11(9(15)5-7)17-12-4-2-8(14)6-10(12)16;7-4-2-1-3-6(8)5(4)9-6/h1-6,13-16H;1-3,5,7-8H. The summed E-state index contributed by atoms with van der Waals surface area (Å²) in [5, 5.41) is 55.7. The Balaban J connectivity index is 0.000000181. The number of aliphatic hydroxyl groups is 2. The normalized spacial score (nSPS) is 22.7. The molecule has 2 aliphatic rings. The highest BCUT2D eigenvalue weighted by Crippen LogP contribution is 2.56. The Hall–Kier alpha value is -2.42. The van der Waals surface area contributed by atoms with Gasteiger partial charge in [-0.05, 0) is 36.4 Å². The van der Waals surface area contributed by atoms with Gasteiger partial charge >= 0.3 is 0 Å². The lowest BCUT2D eigenvalue weighted by atomic mass is 10.1. The van der Waals surface area contributed by atoms with Crippen LogP contribution in [0.15, 0.2) is 70.2 Å². The van der Waals surface area contributed by atoms with Gasteiger partial charge in [-0.15, -0.1) is 11.8 Å². The van der Waals surface area contributed by atoms with E-state index in [0.717, 1.165) is 11.8 Å². The second kappa shape index (κ2) is 7.06. The fraction of sp³-hybridized carbons (Fsp3) is 0.111. The molecule has 2 unspecified atom stereocenters. The highest BCUT2D eigenvalue weighted by molar-refractivity contribution is 8.08. The van der Waals surface area contributed by atoms with Crippen LogP contribution in [-0.4, -0.2) is 40.8 Å². The number of phenols is 4. The van der Waals surface area contributed by atoms with Crippen molar-refractivity contribution in [2.75, 3.05) is 0 Å². The quantitative estimate of drug-likeness (QED) is 0.430. The summed E-state index contributed by atoms with van der Waals surface area (Å²) in [4.78, 5) is 0.242. The number of aromatic hydroxyl groups is 4. The van der Waals surface area contributed by atoms with Crippen molar-refractivity contribution in [2.24, 2.45) is 0 Å². The molecular formula is C18H16O6S2. The van der Waals surface area contributed by atoms with Crippen molar-refractivity contribution in [2.45, 2.75) is 20.0 Å². The lowest BCUT2D eigenvalue weighted by molar-refractivity contribution is 0.209. The van der Waals surface area contributed by atoms with Gasteiger partial charge in [-0.1, -0.05) is 17.8 Å². The first-order chi connectivity index (χ1) is 12.3. The fourth-order valence-electron chi connectivity index (χ4n) is 2.23. The predicted molar refractivity (Wildman–Crippen MR) is 99.8 cm³/mol. The molecule has 26 heavy (non-hydrogen) atoms. The van der Waals surface area contributed by atoms with Crippen molar-refractivity contribution < 1.29 is 30.6 Å². The van der Waals surface area contributed by atoms with Gasteiger partial charge in [0.15, 0.2) is 0 Å². The van der Waals surface area contributed by atoms with Crippen molar-refractivity contribution in [3.8, 4) is 23.0 Å². The monoisotopic (exact) mass is 392 g/mol. The summed E-state index contributed by atoms with van der Waals surface area (Å²) in [6, 6.07) is 8.42. The molecule has 6 N–H and O–H groups in total. The number of hydrogen-bond donors (Lipinski definition) is 6. The first-order valence-electron chi connectivity index (χ1n) is 7.49. The van der Waals surface area contributed by atoms with Crippen molar-refractivity contribution >= 4 is 23.5 Å². The van der Waals surface area contributed by atoms with Crippen LogP contribution < -0.4 is 0 Å². The average Bonchev–Trinajstić information content (AvgIpc) is 3.26. The van der Waals surface area contributed by atoms with Crippen LogP contribution in [0.5, 0.6) is 23.0 Å². The number of rotatable bonds is 2. The van der Waals surface area contributed by atoms with Crippen molar-refractivity contribution in [3.05, 3.63) is 60.4 Å². The third kappa shape index (κ3) is 4.04. The van der Waals surface area contributed by atoms with Crippen molar-refractivity contribution in [1.29, 1.82) is 0 Å². The number of aliphatic hydroxyl groups excluding tert-OH is 1. The summed E-state index contributed by atoms with van der Waals surface area (Å²) in [6.07, 6.45) is 4.98. The summed E-state index contributed by atoms with van der Waals surface area (Å²) >= 11 is 2.50. The van der Waals surface area contributed by atoms with Gasteiger partial charge in [-0.25, -0.2) is 0 Å². The lowest BCUT2D eigenvalue weighted by Crippen LogP contribution is -2.13. The Morgan fingerprint density at radius 2 is 1.38 bits per heavy atom. The van der Waals surface area contributed by atoms with Gasteiger partial charge in [0.2, 0.25) is 0 Å². The molecule has 2 aromatic carbocycles. The van der Waals surface area contributed by atoms with Gasteiger partial charge in [0.05, 0.1) is 9.79 Å². The zero-order valence-corrected chi connectivity index (χ0v) is 14.9. The molecule has 4 rings (SSSR count). The van der Waals surface area contributed by atoms with E-state index in [2.05, 4.69) is 0 Å². The third-order valence-electron chi connectivity index (χ3n) is 3.60. The largest absolute Gasteiger partial charge is 0.511 e. The molecule has 8 heteroatoms. The molecule has 2 aromatic rings. The summed E-state index contributed by atoms with van der Waals surface area (Å²) in [6.45, 7) is 0. The molecule has 0 radical (unpaired) electrons. The van der Waals surface area contributed by atoms with E-state index in [-0.39, 0.29) is 34.0 Å². The number of thioether (sulfide) groups is 1. The number of hydrogen-bond acceptors (Lipinski definition) is 8. The van der Waals surface area contributed by atoms with Gasteiger partial charge in [0.1, 0.15) is 38.9 Å². The van der Waals surface area contributed by atoms with Gasteiger partial charge < -0.3 is 30.6 Å². The smallest absolute Gasteiger partial charge is 0.149 e. The van der Waals surface area contributed by atoms with E-state index in [1.54, 1.807) is 30.4 Å². The molecule has 1 aliphatic carbocycles. The molecule has 0 saturated carbocycles. The molecule has 1 saturated heterocycles. The minimum absolute atomic E-state index is 0.0261. The van der Waals surface area contributed by atoms with E-state index in [4.69, 9.17) is 15.3 Å². The first-order valence-corrected chi connectivity index (χ1v) is 9.18. The zero-order valence-electron chi connectivity index (χ0n) is 13.3. The van der Waals surface area contributed by atoms with Crippen LogP contribution in [0.1, 0.15) is 0 Å². The van der Waals surface area contributed by atoms with Crippen molar-refractivity contribution in [3.63, 3.8) is 0 Å². The third-order valence-corrected chi connectivity index (χ3v) is 6.06. The van der Waals surface area contributed by atoms with E-state index < -0.39 is 4.93 Å². The predicted octanol–water partition coefficient (Wildman–Crippen LogP) is 3.46. The molecule has 0 bridgehead atoms. The van der Waals surface area contributed by atoms with Crippen LogP contribution >= 0.6 is 23.5 Å². The molecule has 0 aromatic heterocycles. The van der Waals surface area contributed by atoms with Crippen LogP contribution in [0.25, 0.3) is 0 Å². The Morgan fingerprint density at radius 3 is 1.81 bits per heavy atom. The summed E-state index contributed by atoms with van der Waals surface area (Å²) in [7, 11) is 0. The second-order valence-corrected chi connectivity index (χ2v) is 8.05. The Morgan fingerprint density at radius 1 is 0.846 bits per heavy atom. The van der Waals surface area contributed by atoms with E-state index in [0.29, 0.717) is 9.79 Å².